The van der Waals surface area contributed by atoms with E-state index in [-0.39, 0.29) is 0 Å². The van der Waals surface area contributed by atoms with Crippen LogP contribution in [-0.2, 0) is 4.79 Å². The molecule has 0 unspecified atom stereocenters. The number of benzene rings is 2. The van der Waals surface area contributed by atoms with Gasteiger partial charge in [0.1, 0.15) is 5.75 Å². The zero-order valence-electron chi connectivity index (χ0n) is 10.5. The van der Waals surface area contributed by atoms with Gasteiger partial charge < -0.3 is 9.94 Å². The molecule has 0 saturated carbocycles. The number of esters is 1. The maximum absolute atomic E-state index is 11.3. The lowest BCUT2D eigenvalue weighted by Crippen LogP contribution is -2.08. The molecular formula is C15H13NO3. The fourth-order valence-electron chi connectivity index (χ4n) is 1.91. The topological polar surface area (TPSA) is 58.9 Å². The maximum Gasteiger partial charge on any atom is 0.335 e. The minimum absolute atomic E-state index is 0.346. The van der Waals surface area contributed by atoms with Gasteiger partial charge in [0.2, 0.25) is 0 Å². The largest absolute Gasteiger partial charge is 0.423 e. The Morgan fingerprint density at radius 1 is 1.32 bits per heavy atom. The van der Waals surface area contributed by atoms with Crippen molar-refractivity contribution in [2.45, 2.75) is 6.92 Å². The zero-order chi connectivity index (χ0) is 13.8. The van der Waals surface area contributed by atoms with Gasteiger partial charge in [-0.05, 0) is 23.8 Å². The minimum atomic E-state index is -0.553. The first-order chi connectivity index (χ1) is 9.17. The molecule has 2 aromatic rings. The van der Waals surface area contributed by atoms with Crippen LogP contribution in [0.4, 0.5) is 0 Å². The Balaban J connectivity index is 2.70. The summed E-state index contributed by atoms with van der Waals surface area (Å²) in [6.45, 7) is 5.01. The van der Waals surface area contributed by atoms with Gasteiger partial charge in [-0.25, -0.2) is 4.79 Å². The monoisotopic (exact) mass is 255 g/mol. The molecular weight excluding hydrogens is 242 g/mol. The first-order valence-electron chi connectivity index (χ1n) is 5.72. The molecule has 0 aliphatic rings. The molecule has 0 radical (unpaired) electrons. The van der Waals surface area contributed by atoms with Gasteiger partial charge in [0.15, 0.2) is 0 Å². The third kappa shape index (κ3) is 2.47. The Morgan fingerprint density at radius 2 is 2.05 bits per heavy atom. The van der Waals surface area contributed by atoms with Crippen molar-refractivity contribution >= 4 is 22.5 Å². The number of carbonyl (C=O) groups is 1. The number of rotatable bonds is 3. The van der Waals surface area contributed by atoms with E-state index in [1.54, 1.807) is 13.0 Å². The molecule has 96 valence electrons. The van der Waals surface area contributed by atoms with Gasteiger partial charge in [0, 0.05) is 11.6 Å². The van der Waals surface area contributed by atoms with Crippen LogP contribution in [0.5, 0.6) is 5.75 Å². The predicted octanol–water partition coefficient (Wildman–Crippen LogP) is 3.13. The molecule has 2 aromatic carbocycles. The van der Waals surface area contributed by atoms with Gasteiger partial charge >= 0.3 is 5.97 Å². The summed E-state index contributed by atoms with van der Waals surface area (Å²) in [5, 5.41) is 14.0. The molecule has 4 heteroatoms. The third-order valence-corrected chi connectivity index (χ3v) is 2.78. The maximum atomic E-state index is 11.3. The van der Waals surface area contributed by atoms with Crippen molar-refractivity contribution in [2.75, 3.05) is 0 Å². The summed E-state index contributed by atoms with van der Waals surface area (Å²) in [4.78, 5) is 11.3. The van der Waals surface area contributed by atoms with E-state index in [9.17, 15) is 4.79 Å². The number of ether oxygens (including phenoxy) is 1. The number of carbonyl (C=O) groups excluding carboxylic acids is 1. The predicted molar refractivity (Wildman–Crippen MR) is 73.8 cm³/mol. The van der Waals surface area contributed by atoms with Crippen LogP contribution in [0.1, 0.15) is 12.5 Å². The second-order valence-electron chi connectivity index (χ2n) is 3.97. The van der Waals surface area contributed by atoms with Crippen molar-refractivity contribution in [1.82, 2.24) is 0 Å². The average molecular weight is 255 g/mol. The molecule has 0 saturated heterocycles. The van der Waals surface area contributed by atoms with Crippen molar-refractivity contribution in [1.29, 1.82) is 0 Å². The highest BCUT2D eigenvalue weighted by molar-refractivity contribution is 6.12. The fraction of sp³-hybridized carbons (Fsp3) is 0.0667. The van der Waals surface area contributed by atoms with E-state index in [0.29, 0.717) is 17.0 Å². The van der Waals surface area contributed by atoms with Gasteiger partial charge in [-0.2, -0.15) is 0 Å². The highest BCUT2D eigenvalue weighted by Gasteiger charge is 2.14. The van der Waals surface area contributed by atoms with Gasteiger partial charge in [-0.3, -0.25) is 0 Å². The van der Waals surface area contributed by atoms with E-state index in [1.165, 1.54) is 0 Å². The van der Waals surface area contributed by atoms with E-state index in [1.807, 2.05) is 30.3 Å². The molecule has 2 rings (SSSR count). The normalized spacial score (nSPS) is 11.3. The zero-order valence-corrected chi connectivity index (χ0v) is 10.5. The molecule has 0 heterocycles. The van der Waals surface area contributed by atoms with Gasteiger partial charge in [0.05, 0.1) is 5.71 Å². The lowest BCUT2D eigenvalue weighted by molar-refractivity contribution is -0.128. The Labute approximate surface area is 110 Å². The van der Waals surface area contributed by atoms with E-state index in [2.05, 4.69) is 11.7 Å². The smallest absolute Gasteiger partial charge is 0.335 e. The summed E-state index contributed by atoms with van der Waals surface area (Å²) >= 11 is 0. The Morgan fingerprint density at radius 3 is 2.74 bits per heavy atom. The van der Waals surface area contributed by atoms with Crippen molar-refractivity contribution < 1.29 is 14.7 Å². The molecule has 1 N–H and O–H groups in total. The number of hydrogen-bond donors (Lipinski definition) is 1. The van der Waals surface area contributed by atoms with Crippen LogP contribution in [-0.4, -0.2) is 16.9 Å². The average Bonchev–Trinajstić information content (AvgIpc) is 2.46. The minimum Gasteiger partial charge on any atom is -0.423 e. The second kappa shape index (κ2) is 5.35. The van der Waals surface area contributed by atoms with E-state index in [4.69, 9.17) is 9.94 Å². The van der Waals surface area contributed by atoms with Crippen LogP contribution in [0.2, 0.25) is 0 Å². The van der Waals surface area contributed by atoms with Crippen molar-refractivity contribution in [3.8, 4) is 5.75 Å². The number of nitrogens with zero attached hydrogens (tertiary/aromatic N) is 1. The summed E-state index contributed by atoms with van der Waals surface area (Å²) < 4.78 is 5.18. The van der Waals surface area contributed by atoms with E-state index >= 15 is 0 Å². The van der Waals surface area contributed by atoms with Crippen LogP contribution in [0.3, 0.4) is 0 Å². The summed E-state index contributed by atoms with van der Waals surface area (Å²) in [5.41, 5.74) is 0.972. The van der Waals surface area contributed by atoms with Gasteiger partial charge in [-0.15, -0.1) is 0 Å². The van der Waals surface area contributed by atoms with Gasteiger partial charge in [-0.1, -0.05) is 42.1 Å². The lowest BCUT2D eigenvalue weighted by atomic mass is 10.0. The number of oxime groups is 1. The van der Waals surface area contributed by atoms with E-state index < -0.39 is 5.97 Å². The molecule has 0 aliphatic carbocycles. The van der Waals surface area contributed by atoms with E-state index in [0.717, 1.165) is 16.8 Å². The molecule has 0 atom stereocenters. The standard InChI is InChI=1S/C15H13NO3/c1-3-14(17)19-13-9-8-11-6-4-5-7-12(11)15(13)10(2)16-18/h3-9,18H,1H2,2H3/b16-10+. The van der Waals surface area contributed by atoms with Crippen LogP contribution in [0.15, 0.2) is 54.2 Å². The van der Waals surface area contributed by atoms with Gasteiger partial charge in [0.25, 0.3) is 0 Å². The van der Waals surface area contributed by atoms with Crippen molar-refractivity contribution in [2.24, 2.45) is 5.16 Å². The quantitative estimate of drug-likeness (QED) is 0.229. The molecule has 0 amide bonds. The first-order valence-corrected chi connectivity index (χ1v) is 5.72. The molecule has 0 fully saturated rings. The highest BCUT2D eigenvalue weighted by atomic mass is 16.5. The van der Waals surface area contributed by atoms with Crippen LogP contribution in [0.25, 0.3) is 10.8 Å². The number of fused-ring (bicyclic) bond motifs is 1. The second-order valence-corrected chi connectivity index (χ2v) is 3.97. The van der Waals surface area contributed by atoms with Crippen molar-refractivity contribution in [3.63, 3.8) is 0 Å². The highest BCUT2D eigenvalue weighted by Crippen LogP contribution is 2.29. The first kappa shape index (κ1) is 12.8. The van der Waals surface area contributed by atoms with Crippen LogP contribution in [0, 0.1) is 0 Å². The Kier molecular flexibility index (Phi) is 3.61. The molecule has 0 bridgehead atoms. The summed E-state index contributed by atoms with van der Waals surface area (Å²) in [6, 6.07) is 11.1. The molecule has 19 heavy (non-hydrogen) atoms. The molecule has 0 spiro atoms. The fourth-order valence-corrected chi connectivity index (χ4v) is 1.91. The molecule has 4 nitrogen and oxygen atoms in total. The Bertz CT molecular complexity index is 674. The van der Waals surface area contributed by atoms with Crippen LogP contribution >= 0.6 is 0 Å². The van der Waals surface area contributed by atoms with Crippen molar-refractivity contribution in [3.05, 3.63) is 54.6 Å². The molecule has 0 aliphatic heterocycles. The summed E-state index contributed by atoms with van der Waals surface area (Å²) in [7, 11) is 0. The third-order valence-electron chi connectivity index (χ3n) is 2.78. The number of hydrogen-bond acceptors (Lipinski definition) is 4. The SMILES string of the molecule is C=CC(=O)Oc1ccc2ccccc2c1/C(C)=N/O. The summed E-state index contributed by atoms with van der Waals surface area (Å²) in [6.07, 6.45) is 1.09. The molecule has 0 aromatic heterocycles. The lowest BCUT2D eigenvalue weighted by Gasteiger charge is -2.11. The van der Waals surface area contributed by atoms with Crippen LogP contribution < -0.4 is 4.74 Å². The summed E-state index contributed by atoms with van der Waals surface area (Å²) in [5.74, 6) is -0.207. The Hall–Kier alpha value is -2.62.